The van der Waals surface area contributed by atoms with E-state index in [1.54, 1.807) is 0 Å². The molecule has 0 saturated heterocycles. The van der Waals surface area contributed by atoms with Crippen LogP contribution < -0.4 is 4.74 Å². The molecule has 0 aliphatic heterocycles. The number of imidazole rings is 1. The van der Waals surface area contributed by atoms with Crippen molar-refractivity contribution in [3.63, 3.8) is 0 Å². The molecule has 1 fully saturated rings. The largest absolute Gasteiger partial charge is 0.489 e. The number of fused-ring (bicyclic) bond motifs is 1. The second-order valence-electron chi connectivity index (χ2n) is 8.47. The van der Waals surface area contributed by atoms with Crippen molar-refractivity contribution in [1.82, 2.24) is 9.55 Å². The van der Waals surface area contributed by atoms with E-state index < -0.39 is 0 Å². The fourth-order valence-electron chi connectivity index (χ4n) is 4.62. The van der Waals surface area contributed by atoms with Crippen LogP contribution in [0.3, 0.4) is 0 Å². The molecule has 5 heteroatoms. The van der Waals surface area contributed by atoms with Crippen molar-refractivity contribution >= 4 is 17.0 Å². The van der Waals surface area contributed by atoms with Gasteiger partial charge in [0.05, 0.1) is 23.2 Å². The van der Waals surface area contributed by atoms with Gasteiger partial charge in [-0.05, 0) is 67.8 Å². The van der Waals surface area contributed by atoms with Gasteiger partial charge in [0.2, 0.25) is 0 Å². The minimum Gasteiger partial charge on any atom is -0.489 e. The van der Waals surface area contributed by atoms with E-state index in [-0.39, 0.29) is 5.97 Å². The van der Waals surface area contributed by atoms with Gasteiger partial charge in [0.15, 0.2) is 0 Å². The maximum atomic E-state index is 12.2. The zero-order chi connectivity index (χ0) is 22.6. The summed E-state index contributed by atoms with van der Waals surface area (Å²) >= 11 is 0. The van der Waals surface area contributed by atoms with E-state index in [0.29, 0.717) is 24.8 Å². The lowest BCUT2D eigenvalue weighted by Gasteiger charge is -2.17. The standard InChI is InChI=1S/C28H28N2O3/c1-2-32-28(31)22-14-17-26-25(18-22)29-27(30(26)23-10-6-7-11-23)21-12-15-24(16-13-21)33-19-20-8-4-3-5-9-20/h3-5,8-9,12-18,23H,2,6-7,10-11,19H2,1H3. The number of hydrogen-bond acceptors (Lipinski definition) is 4. The van der Waals surface area contributed by atoms with E-state index >= 15 is 0 Å². The minimum atomic E-state index is -0.309. The molecule has 5 rings (SSSR count). The van der Waals surface area contributed by atoms with Gasteiger partial charge in [0.1, 0.15) is 18.2 Å². The zero-order valence-electron chi connectivity index (χ0n) is 18.9. The highest BCUT2D eigenvalue weighted by atomic mass is 16.5. The van der Waals surface area contributed by atoms with E-state index in [0.717, 1.165) is 46.6 Å². The number of carbonyl (C=O) groups excluding carboxylic acids is 1. The number of aromatic nitrogens is 2. The first kappa shape index (κ1) is 21.3. The molecule has 0 amide bonds. The van der Waals surface area contributed by atoms with Crippen LogP contribution in [0.1, 0.15) is 54.6 Å². The van der Waals surface area contributed by atoms with Crippen LogP contribution in [0.15, 0.2) is 72.8 Å². The molecule has 4 aromatic rings. The molecule has 1 aliphatic rings. The highest BCUT2D eigenvalue weighted by Gasteiger charge is 2.24. The van der Waals surface area contributed by atoms with Gasteiger partial charge in [-0.25, -0.2) is 9.78 Å². The number of hydrogen-bond donors (Lipinski definition) is 0. The molecule has 1 aromatic heterocycles. The van der Waals surface area contributed by atoms with Crippen LogP contribution in [0, 0.1) is 0 Å². The van der Waals surface area contributed by atoms with Crippen molar-refractivity contribution in [2.24, 2.45) is 0 Å². The lowest BCUT2D eigenvalue weighted by atomic mass is 10.1. The Kier molecular flexibility index (Phi) is 6.11. The molecule has 168 valence electrons. The van der Waals surface area contributed by atoms with Gasteiger partial charge in [-0.1, -0.05) is 43.2 Å². The lowest BCUT2D eigenvalue weighted by Crippen LogP contribution is -2.07. The molecule has 1 heterocycles. The van der Waals surface area contributed by atoms with Gasteiger partial charge >= 0.3 is 5.97 Å². The molecule has 3 aromatic carbocycles. The molecule has 5 nitrogen and oxygen atoms in total. The maximum Gasteiger partial charge on any atom is 0.338 e. The monoisotopic (exact) mass is 440 g/mol. The van der Waals surface area contributed by atoms with Gasteiger partial charge < -0.3 is 14.0 Å². The first-order valence-corrected chi connectivity index (χ1v) is 11.7. The Bertz CT molecular complexity index is 1240. The van der Waals surface area contributed by atoms with Gasteiger partial charge in [-0.2, -0.15) is 0 Å². The number of nitrogens with zero attached hydrogens (tertiary/aromatic N) is 2. The van der Waals surface area contributed by atoms with Crippen molar-refractivity contribution in [1.29, 1.82) is 0 Å². The molecule has 0 N–H and O–H groups in total. The third kappa shape index (κ3) is 4.49. The van der Waals surface area contributed by atoms with Crippen LogP contribution in [0.2, 0.25) is 0 Å². The van der Waals surface area contributed by atoms with Gasteiger partial charge in [-0.15, -0.1) is 0 Å². The van der Waals surface area contributed by atoms with Crippen LogP contribution >= 0.6 is 0 Å². The maximum absolute atomic E-state index is 12.2. The third-order valence-corrected chi connectivity index (χ3v) is 6.25. The van der Waals surface area contributed by atoms with Crippen LogP contribution in [0.5, 0.6) is 5.75 Å². The molecule has 33 heavy (non-hydrogen) atoms. The van der Waals surface area contributed by atoms with Gasteiger partial charge in [0, 0.05) is 11.6 Å². The summed E-state index contributed by atoms with van der Waals surface area (Å²) in [4.78, 5) is 17.2. The summed E-state index contributed by atoms with van der Waals surface area (Å²) in [7, 11) is 0. The second-order valence-corrected chi connectivity index (χ2v) is 8.47. The summed E-state index contributed by atoms with van der Waals surface area (Å²) in [5, 5.41) is 0. The molecular weight excluding hydrogens is 412 g/mol. The van der Waals surface area contributed by atoms with E-state index in [2.05, 4.69) is 28.8 Å². The smallest absolute Gasteiger partial charge is 0.338 e. The number of esters is 1. The quantitative estimate of drug-likeness (QED) is 0.305. The van der Waals surface area contributed by atoms with Crippen LogP contribution in [-0.4, -0.2) is 22.1 Å². The summed E-state index contributed by atoms with van der Waals surface area (Å²) in [5.41, 5.74) is 4.61. The number of ether oxygens (including phenoxy) is 2. The van der Waals surface area contributed by atoms with Crippen LogP contribution in [0.25, 0.3) is 22.4 Å². The van der Waals surface area contributed by atoms with E-state index in [1.807, 2.05) is 55.5 Å². The molecule has 1 aliphatic carbocycles. The van der Waals surface area contributed by atoms with Crippen molar-refractivity contribution in [2.45, 2.75) is 45.3 Å². The number of rotatable bonds is 7. The molecule has 0 unspecified atom stereocenters. The summed E-state index contributed by atoms with van der Waals surface area (Å²) < 4.78 is 13.5. The van der Waals surface area contributed by atoms with Crippen molar-refractivity contribution in [2.75, 3.05) is 6.61 Å². The predicted molar refractivity (Wildman–Crippen MR) is 129 cm³/mol. The Labute approximate surface area is 194 Å². The number of benzene rings is 3. The van der Waals surface area contributed by atoms with Gasteiger partial charge in [-0.3, -0.25) is 0 Å². The summed E-state index contributed by atoms with van der Waals surface area (Å²) in [6, 6.07) is 24.4. The topological polar surface area (TPSA) is 53.4 Å². The SMILES string of the molecule is CCOC(=O)c1ccc2c(c1)nc(-c1ccc(OCc3ccccc3)cc1)n2C1CCCC1. The first-order valence-electron chi connectivity index (χ1n) is 11.7. The summed E-state index contributed by atoms with van der Waals surface area (Å²) in [5.74, 6) is 1.46. The molecule has 0 atom stereocenters. The fraction of sp³-hybridized carbons (Fsp3) is 0.286. The Morgan fingerprint density at radius 1 is 1.00 bits per heavy atom. The number of carbonyl (C=O) groups is 1. The lowest BCUT2D eigenvalue weighted by molar-refractivity contribution is 0.0526. The van der Waals surface area contributed by atoms with Crippen molar-refractivity contribution < 1.29 is 14.3 Å². The molecule has 1 saturated carbocycles. The highest BCUT2D eigenvalue weighted by Crippen LogP contribution is 2.37. The van der Waals surface area contributed by atoms with Gasteiger partial charge in [0.25, 0.3) is 0 Å². The van der Waals surface area contributed by atoms with Crippen LogP contribution in [0.4, 0.5) is 0 Å². The molecule has 0 bridgehead atoms. The van der Waals surface area contributed by atoms with Crippen molar-refractivity contribution in [3.8, 4) is 17.1 Å². The Hall–Kier alpha value is -3.60. The summed E-state index contributed by atoms with van der Waals surface area (Å²) in [6.07, 6.45) is 4.76. The normalized spacial score (nSPS) is 14.0. The molecular formula is C28H28N2O3. The highest BCUT2D eigenvalue weighted by molar-refractivity contribution is 5.94. The Morgan fingerprint density at radius 2 is 1.76 bits per heavy atom. The Morgan fingerprint density at radius 3 is 2.48 bits per heavy atom. The van der Waals surface area contributed by atoms with Crippen molar-refractivity contribution in [3.05, 3.63) is 83.9 Å². The minimum absolute atomic E-state index is 0.309. The Balaban J connectivity index is 1.46. The van der Waals surface area contributed by atoms with E-state index in [9.17, 15) is 4.79 Å². The fourth-order valence-corrected chi connectivity index (χ4v) is 4.62. The zero-order valence-corrected chi connectivity index (χ0v) is 18.9. The van der Waals surface area contributed by atoms with E-state index in [4.69, 9.17) is 14.5 Å². The first-order chi connectivity index (χ1) is 16.2. The summed E-state index contributed by atoms with van der Waals surface area (Å²) in [6.45, 7) is 2.71. The van der Waals surface area contributed by atoms with E-state index in [1.165, 1.54) is 12.8 Å². The predicted octanol–water partition coefficient (Wildman–Crippen LogP) is 6.57. The third-order valence-electron chi connectivity index (χ3n) is 6.25. The average Bonchev–Trinajstić information content (AvgIpc) is 3.51. The molecule has 0 spiro atoms. The molecule has 0 radical (unpaired) electrons. The average molecular weight is 441 g/mol. The second kappa shape index (κ2) is 9.49. The van der Waals surface area contributed by atoms with Crippen LogP contribution in [-0.2, 0) is 11.3 Å².